The molecular weight excluding hydrogens is 419 g/mol. The van der Waals surface area contributed by atoms with E-state index in [1.165, 1.54) is 12.1 Å². The summed E-state index contributed by atoms with van der Waals surface area (Å²) < 4.78 is 71.8. The second kappa shape index (κ2) is 7.92. The summed E-state index contributed by atoms with van der Waals surface area (Å²) in [6, 6.07) is 12.0. The molecule has 1 N–H and O–H groups in total. The molecule has 1 aromatic heterocycles. The van der Waals surface area contributed by atoms with Crippen molar-refractivity contribution >= 4 is 27.1 Å². The van der Waals surface area contributed by atoms with Crippen LogP contribution in [0.4, 0.5) is 19.2 Å². The number of aromatic nitrogens is 1. The average Bonchev–Trinajstić information content (AvgIpc) is 3.32. The molecule has 30 heavy (non-hydrogen) atoms. The molecule has 160 valence electrons. The minimum absolute atomic E-state index is 0.0829. The van der Waals surface area contributed by atoms with E-state index < -0.39 is 27.5 Å². The van der Waals surface area contributed by atoms with E-state index in [0.29, 0.717) is 18.1 Å². The van der Waals surface area contributed by atoms with Crippen LogP contribution in [0, 0.1) is 0 Å². The van der Waals surface area contributed by atoms with E-state index in [-0.39, 0.29) is 18.2 Å². The number of fused-ring (bicyclic) bond motifs is 1. The highest BCUT2D eigenvalue weighted by atomic mass is 32.2. The maximum absolute atomic E-state index is 12.8. The molecule has 1 atom stereocenters. The molecule has 0 amide bonds. The van der Waals surface area contributed by atoms with Crippen molar-refractivity contribution in [1.82, 2.24) is 9.71 Å². The van der Waals surface area contributed by atoms with Crippen LogP contribution in [0.3, 0.4) is 0 Å². The van der Waals surface area contributed by atoms with Crippen molar-refractivity contribution in [1.29, 1.82) is 0 Å². The lowest BCUT2D eigenvalue weighted by atomic mass is 10.1. The number of nitrogens with zero attached hydrogens (tertiary/aromatic N) is 2. The largest absolute Gasteiger partial charge is 0.423 e. The van der Waals surface area contributed by atoms with Gasteiger partial charge in [-0.2, -0.15) is 18.2 Å². The molecule has 0 saturated carbocycles. The van der Waals surface area contributed by atoms with Crippen molar-refractivity contribution in [2.75, 3.05) is 18.0 Å². The Balaban J connectivity index is 1.43. The van der Waals surface area contributed by atoms with Gasteiger partial charge in [-0.15, -0.1) is 0 Å². The predicted octanol–water partition coefficient (Wildman–Crippen LogP) is 3.94. The second-order valence-corrected chi connectivity index (χ2v) is 9.07. The molecule has 3 aromatic rings. The van der Waals surface area contributed by atoms with E-state index in [2.05, 4.69) is 9.71 Å². The molecule has 2 aromatic carbocycles. The topological polar surface area (TPSA) is 75.4 Å². The van der Waals surface area contributed by atoms with Crippen molar-refractivity contribution in [3.63, 3.8) is 0 Å². The Morgan fingerprint density at radius 3 is 2.73 bits per heavy atom. The SMILES string of the molecule is O=S(=O)(Cc1cccc(C(F)(F)F)c1)NCC1CCCN1c1nc2ccccc2o1. The fraction of sp³-hybridized carbons (Fsp3) is 0.350. The lowest BCUT2D eigenvalue weighted by Crippen LogP contribution is -2.40. The van der Waals surface area contributed by atoms with Crippen LogP contribution in [-0.4, -0.2) is 32.5 Å². The first-order valence-electron chi connectivity index (χ1n) is 9.47. The van der Waals surface area contributed by atoms with Crippen LogP contribution in [0.2, 0.25) is 0 Å². The Morgan fingerprint density at radius 1 is 1.17 bits per heavy atom. The number of para-hydroxylation sites is 2. The zero-order valence-corrected chi connectivity index (χ0v) is 16.7. The lowest BCUT2D eigenvalue weighted by molar-refractivity contribution is -0.137. The Bertz CT molecular complexity index is 1110. The first kappa shape index (κ1) is 20.7. The molecule has 0 aliphatic carbocycles. The van der Waals surface area contributed by atoms with E-state index in [1.54, 1.807) is 0 Å². The summed E-state index contributed by atoms with van der Waals surface area (Å²) in [5.41, 5.74) is 0.597. The maximum atomic E-state index is 12.8. The van der Waals surface area contributed by atoms with Gasteiger partial charge in [0.2, 0.25) is 10.0 Å². The first-order chi connectivity index (χ1) is 14.2. The Kier molecular flexibility index (Phi) is 5.46. The number of oxazole rings is 1. The van der Waals surface area contributed by atoms with Crippen LogP contribution >= 0.6 is 0 Å². The molecule has 2 heterocycles. The van der Waals surface area contributed by atoms with Crippen molar-refractivity contribution in [2.45, 2.75) is 30.8 Å². The van der Waals surface area contributed by atoms with Gasteiger partial charge in [0, 0.05) is 19.1 Å². The van der Waals surface area contributed by atoms with Crippen molar-refractivity contribution in [2.24, 2.45) is 0 Å². The third-order valence-corrected chi connectivity index (χ3v) is 6.38. The molecule has 1 fully saturated rings. The number of hydrogen-bond acceptors (Lipinski definition) is 5. The second-order valence-electron chi connectivity index (χ2n) is 7.26. The zero-order chi connectivity index (χ0) is 21.4. The summed E-state index contributed by atoms with van der Waals surface area (Å²) in [6.45, 7) is 0.812. The molecule has 0 radical (unpaired) electrons. The summed E-state index contributed by atoms with van der Waals surface area (Å²) in [7, 11) is -3.81. The van der Waals surface area contributed by atoms with Gasteiger partial charge >= 0.3 is 6.18 Å². The molecule has 6 nitrogen and oxygen atoms in total. The van der Waals surface area contributed by atoms with Gasteiger partial charge in [-0.3, -0.25) is 0 Å². The van der Waals surface area contributed by atoms with Gasteiger partial charge in [-0.05, 0) is 36.6 Å². The van der Waals surface area contributed by atoms with Crippen molar-refractivity contribution in [3.8, 4) is 0 Å². The van der Waals surface area contributed by atoms with Gasteiger partial charge < -0.3 is 9.32 Å². The summed E-state index contributed by atoms with van der Waals surface area (Å²) >= 11 is 0. The van der Waals surface area contributed by atoms with E-state index in [0.717, 1.165) is 30.5 Å². The Hall–Kier alpha value is -2.59. The quantitative estimate of drug-likeness (QED) is 0.630. The van der Waals surface area contributed by atoms with Crippen LogP contribution in [0.25, 0.3) is 11.1 Å². The smallest absolute Gasteiger partial charge is 0.416 e. The van der Waals surface area contributed by atoms with Crippen LogP contribution < -0.4 is 9.62 Å². The van der Waals surface area contributed by atoms with Gasteiger partial charge in [0.15, 0.2) is 5.58 Å². The summed E-state index contributed by atoms with van der Waals surface area (Å²) in [4.78, 5) is 6.39. The van der Waals surface area contributed by atoms with Gasteiger partial charge in [0.25, 0.3) is 6.01 Å². The van der Waals surface area contributed by atoms with Crippen LogP contribution in [-0.2, 0) is 22.0 Å². The molecule has 0 spiro atoms. The van der Waals surface area contributed by atoms with Crippen molar-refractivity contribution in [3.05, 3.63) is 59.7 Å². The number of hydrogen-bond donors (Lipinski definition) is 1. The maximum Gasteiger partial charge on any atom is 0.416 e. The monoisotopic (exact) mass is 439 g/mol. The van der Waals surface area contributed by atoms with E-state index >= 15 is 0 Å². The number of rotatable bonds is 6. The number of sulfonamides is 1. The number of anilines is 1. The van der Waals surface area contributed by atoms with Gasteiger partial charge in [0.05, 0.1) is 11.3 Å². The summed E-state index contributed by atoms with van der Waals surface area (Å²) in [5.74, 6) is -0.521. The minimum atomic E-state index is -4.52. The third kappa shape index (κ3) is 4.59. The first-order valence-corrected chi connectivity index (χ1v) is 11.1. The molecule has 4 rings (SSSR count). The fourth-order valence-electron chi connectivity index (χ4n) is 3.61. The van der Waals surface area contributed by atoms with Crippen LogP contribution in [0.15, 0.2) is 52.9 Å². The van der Waals surface area contributed by atoms with Gasteiger partial charge in [-0.25, -0.2) is 13.1 Å². The Labute approximate surface area is 171 Å². The molecule has 1 saturated heterocycles. The molecule has 10 heteroatoms. The fourth-order valence-corrected chi connectivity index (χ4v) is 4.78. The number of halogens is 3. The van der Waals surface area contributed by atoms with E-state index in [1.807, 2.05) is 29.2 Å². The molecule has 1 aliphatic rings. The van der Waals surface area contributed by atoms with Gasteiger partial charge in [0.1, 0.15) is 5.52 Å². The van der Waals surface area contributed by atoms with Crippen LogP contribution in [0.5, 0.6) is 0 Å². The normalized spacial score (nSPS) is 17.7. The van der Waals surface area contributed by atoms with E-state index in [4.69, 9.17) is 4.42 Å². The average molecular weight is 439 g/mol. The van der Waals surface area contributed by atoms with Crippen molar-refractivity contribution < 1.29 is 26.0 Å². The lowest BCUT2D eigenvalue weighted by Gasteiger charge is -2.23. The number of nitrogens with one attached hydrogen (secondary N) is 1. The third-order valence-electron chi connectivity index (χ3n) is 5.06. The number of alkyl halides is 3. The number of benzene rings is 2. The summed E-state index contributed by atoms with van der Waals surface area (Å²) in [5, 5.41) is 0. The highest BCUT2D eigenvalue weighted by molar-refractivity contribution is 7.88. The summed E-state index contributed by atoms with van der Waals surface area (Å²) in [6.07, 6.45) is -2.90. The van der Waals surface area contributed by atoms with Crippen LogP contribution in [0.1, 0.15) is 24.0 Å². The molecule has 1 aliphatic heterocycles. The zero-order valence-electron chi connectivity index (χ0n) is 15.9. The minimum Gasteiger partial charge on any atom is -0.423 e. The predicted molar refractivity (Wildman–Crippen MR) is 106 cm³/mol. The van der Waals surface area contributed by atoms with Gasteiger partial charge in [-0.1, -0.05) is 30.3 Å². The standard InChI is InChI=1S/C20H20F3N3O3S/c21-20(22,23)15-6-3-5-14(11-15)13-30(27,28)24-12-16-7-4-10-26(16)19-25-17-8-1-2-9-18(17)29-19/h1-3,5-6,8-9,11,16,24H,4,7,10,12-13H2. The highest BCUT2D eigenvalue weighted by Crippen LogP contribution is 2.30. The molecule has 1 unspecified atom stereocenters. The Morgan fingerprint density at radius 2 is 1.97 bits per heavy atom. The molecular formula is C20H20F3N3O3S. The van der Waals surface area contributed by atoms with E-state index in [9.17, 15) is 21.6 Å². The highest BCUT2D eigenvalue weighted by Gasteiger charge is 2.31. The molecule has 0 bridgehead atoms.